The van der Waals surface area contributed by atoms with Crippen LogP contribution in [0.5, 0.6) is 0 Å². The average molecular weight is 163 g/mol. The van der Waals surface area contributed by atoms with Gasteiger partial charge in [0.2, 0.25) is 4.47 Å². The van der Waals surface area contributed by atoms with Gasteiger partial charge in [-0.15, -0.1) is 10.2 Å². The number of aromatic nitrogens is 2. The Labute approximate surface area is 60.7 Å². The van der Waals surface area contributed by atoms with Crippen molar-refractivity contribution < 1.29 is 4.79 Å². The summed E-state index contributed by atoms with van der Waals surface area (Å²) in [5.74, 6) is -0.0978. The van der Waals surface area contributed by atoms with E-state index in [4.69, 9.17) is 11.6 Å². The summed E-state index contributed by atoms with van der Waals surface area (Å²) in [5, 5.41) is 7.31. The lowest BCUT2D eigenvalue weighted by molar-refractivity contribution is 0.101. The van der Waals surface area contributed by atoms with Crippen molar-refractivity contribution in [2.45, 2.75) is 6.92 Å². The zero-order valence-electron chi connectivity index (χ0n) is 4.59. The average Bonchev–Trinajstić information content (AvgIpc) is 2.14. The summed E-state index contributed by atoms with van der Waals surface area (Å²) in [6, 6.07) is 0. The van der Waals surface area contributed by atoms with E-state index in [9.17, 15) is 4.79 Å². The second-order valence-corrected chi connectivity index (χ2v) is 2.98. The van der Waals surface area contributed by atoms with Crippen LogP contribution in [-0.2, 0) is 0 Å². The van der Waals surface area contributed by atoms with Crippen molar-refractivity contribution >= 4 is 28.7 Å². The number of Topliss-reactive ketones (excluding diaryl/α,β-unsaturated/α-hetero) is 1. The highest BCUT2D eigenvalue weighted by Crippen LogP contribution is 2.14. The summed E-state index contributed by atoms with van der Waals surface area (Å²) in [5.41, 5.74) is 0. The fraction of sp³-hybridized carbons (Fsp3) is 0.250. The van der Waals surface area contributed by atoms with E-state index in [0.717, 1.165) is 11.3 Å². The summed E-state index contributed by atoms with van der Waals surface area (Å²) >= 11 is 6.49. The second-order valence-electron chi connectivity index (χ2n) is 1.42. The van der Waals surface area contributed by atoms with Gasteiger partial charge < -0.3 is 0 Å². The van der Waals surface area contributed by atoms with Gasteiger partial charge in [0.05, 0.1) is 0 Å². The zero-order chi connectivity index (χ0) is 6.85. The lowest BCUT2D eigenvalue weighted by Crippen LogP contribution is -1.88. The van der Waals surface area contributed by atoms with Gasteiger partial charge in [0, 0.05) is 6.92 Å². The third kappa shape index (κ3) is 1.46. The third-order valence-electron chi connectivity index (χ3n) is 0.702. The fourth-order valence-electron chi connectivity index (χ4n) is 0.348. The van der Waals surface area contributed by atoms with Crippen LogP contribution >= 0.6 is 22.9 Å². The van der Waals surface area contributed by atoms with Gasteiger partial charge in [-0.25, -0.2) is 0 Å². The van der Waals surface area contributed by atoms with Gasteiger partial charge in [-0.1, -0.05) is 11.3 Å². The molecule has 0 aromatic carbocycles. The van der Waals surface area contributed by atoms with Gasteiger partial charge in [0.15, 0.2) is 10.8 Å². The van der Waals surface area contributed by atoms with Crippen LogP contribution in [0.1, 0.15) is 16.7 Å². The monoisotopic (exact) mass is 162 g/mol. The van der Waals surface area contributed by atoms with Crippen molar-refractivity contribution in [1.29, 1.82) is 0 Å². The number of ketones is 1. The maximum atomic E-state index is 10.5. The molecule has 0 radical (unpaired) electrons. The first-order valence-electron chi connectivity index (χ1n) is 2.20. The molecule has 0 saturated carbocycles. The van der Waals surface area contributed by atoms with Crippen LogP contribution in [-0.4, -0.2) is 16.0 Å². The smallest absolute Gasteiger partial charge is 0.207 e. The first kappa shape index (κ1) is 6.64. The standard InChI is InChI=1S/C4H3ClN2OS/c1-2(8)3-6-7-4(5)9-3/h1H3. The van der Waals surface area contributed by atoms with Crippen molar-refractivity contribution in [3.63, 3.8) is 0 Å². The molecule has 1 aromatic rings. The molecule has 0 amide bonds. The Balaban J connectivity index is 2.98. The van der Waals surface area contributed by atoms with Gasteiger partial charge in [-0.2, -0.15) is 0 Å². The van der Waals surface area contributed by atoms with Crippen LogP contribution in [0.15, 0.2) is 0 Å². The molecule has 0 aliphatic carbocycles. The maximum Gasteiger partial charge on any atom is 0.207 e. The van der Waals surface area contributed by atoms with E-state index in [1.54, 1.807) is 0 Å². The van der Waals surface area contributed by atoms with Crippen LogP contribution in [0.25, 0.3) is 0 Å². The molecule has 1 heterocycles. The molecular formula is C4H3ClN2OS. The Kier molecular flexibility index (Phi) is 1.78. The Hall–Kier alpha value is -0.480. The van der Waals surface area contributed by atoms with Crippen molar-refractivity contribution in [3.8, 4) is 0 Å². The molecule has 9 heavy (non-hydrogen) atoms. The molecule has 0 saturated heterocycles. The summed E-state index contributed by atoms with van der Waals surface area (Å²) in [6.07, 6.45) is 0. The normalized spacial score (nSPS) is 9.56. The summed E-state index contributed by atoms with van der Waals surface area (Å²) in [6.45, 7) is 1.43. The minimum Gasteiger partial charge on any atom is -0.292 e. The Morgan fingerprint density at radius 1 is 1.67 bits per heavy atom. The molecule has 0 aliphatic rings. The van der Waals surface area contributed by atoms with Crippen molar-refractivity contribution in [2.75, 3.05) is 0 Å². The molecule has 0 aliphatic heterocycles. The molecule has 5 heteroatoms. The highest BCUT2D eigenvalue weighted by atomic mass is 35.5. The Bertz CT molecular complexity index is 234. The number of carbonyl (C=O) groups is 1. The van der Waals surface area contributed by atoms with E-state index in [2.05, 4.69) is 10.2 Å². The van der Waals surface area contributed by atoms with Crippen LogP contribution in [0.3, 0.4) is 0 Å². The number of halogens is 1. The molecule has 0 fully saturated rings. The quantitative estimate of drug-likeness (QED) is 0.587. The third-order valence-corrected chi connectivity index (χ3v) is 1.82. The van der Waals surface area contributed by atoms with Crippen LogP contribution < -0.4 is 0 Å². The maximum absolute atomic E-state index is 10.5. The van der Waals surface area contributed by atoms with Crippen molar-refractivity contribution in [2.24, 2.45) is 0 Å². The Morgan fingerprint density at radius 2 is 2.33 bits per heavy atom. The summed E-state index contributed by atoms with van der Waals surface area (Å²) in [4.78, 5) is 10.5. The van der Waals surface area contributed by atoms with Crippen LogP contribution in [0, 0.1) is 0 Å². The van der Waals surface area contributed by atoms with Crippen LogP contribution in [0.2, 0.25) is 4.47 Å². The highest BCUT2D eigenvalue weighted by molar-refractivity contribution is 7.17. The van der Waals surface area contributed by atoms with Gasteiger partial charge in [-0.05, 0) is 11.6 Å². The molecule has 0 atom stereocenters. The van der Waals surface area contributed by atoms with Crippen molar-refractivity contribution in [3.05, 3.63) is 9.47 Å². The van der Waals surface area contributed by atoms with E-state index in [1.165, 1.54) is 6.92 Å². The van der Waals surface area contributed by atoms with E-state index in [-0.39, 0.29) is 5.78 Å². The molecule has 1 rings (SSSR count). The van der Waals surface area contributed by atoms with E-state index in [1.807, 2.05) is 0 Å². The highest BCUT2D eigenvalue weighted by Gasteiger charge is 2.04. The molecule has 48 valence electrons. The minimum atomic E-state index is -0.0978. The first-order chi connectivity index (χ1) is 4.20. The van der Waals surface area contributed by atoms with Gasteiger partial charge in [0.1, 0.15) is 0 Å². The summed E-state index contributed by atoms with van der Waals surface area (Å²) < 4.78 is 0.306. The molecule has 0 N–H and O–H groups in total. The van der Waals surface area contributed by atoms with Gasteiger partial charge in [0.25, 0.3) is 0 Å². The van der Waals surface area contributed by atoms with E-state index in [0.29, 0.717) is 9.47 Å². The van der Waals surface area contributed by atoms with E-state index >= 15 is 0 Å². The van der Waals surface area contributed by atoms with E-state index < -0.39 is 0 Å². The molecule has 1 aromatic heterocycles. The number of hydrogen-bond acceptors (Lipinski definition) is 4. The lowest BCUT2D eigenvalue weighted by Gasteiger charge is -1.76. The number of carbonyl (C=O) groups excluding carboxylic acids is 1. The molecular weight excluding hydrogens is 160 g/mol. The number of nitrogens with zero attached hydrogens (tertiary/aromatic N) is 2. The van der Waals surface area contributed by atoms with Crippen LogP contribution in [0.4, 0.5) is 0 Å². The predicted molar refractivity (Wildman–Crippen MR) is 34.9 cm³/mol. The lowest BCUT2D eigenvalue weighted by atomic mass is 10.5. The topological polar surface area (TPSA) is 42.9 Å². The largest absolute Gasteiger partial charge is 0.292 e. The van der Waals surface area contributed by atoms with Gasteiger partial charge >= 0.3 is 0 Å². The molecule has 0 bridgehead atoms. The van der Waals surface area contributed by atoms with Crippen molar-refractivity contribution in [1.82, 2.24) is 10.2 Å². The minimum absolute atomic E-state index is 0.0978. The van der Waals surface area contributed by atoms with Gasteiger partial charge in [-0.3, -0.25) is 4.79 Å². The summed E-state index contributed by atoms with van der Waals surface area (Å²) in [7, 11) is 0. The Morgan fingerprint density at radius 3 is 2.56 bits per heavy atom. The second kappa shape index (κ2) is 2.41. The zero-order valence-corrected chi connectivity index (χ0v) is 6.16. The molecule has 0 spiro atoms. The molecule has 3 nitrogen and oxygen atoms in total. The molecule has 0 unspecified atom stereocenters. The number of hydrogen-bond donors (Lipinski definition) is 0. The predicted octanol–water partition coefficient (Wildman–Crippen LogP) is 1.39. The first-order valence-corrected chi connectivity index (χ1v) is 3.39. The fourth-order valence-corrected chi connectivity index (χ4v) is 1.07. The SMILES string of the molecule is CC(=O)c1nnc(Cl)s1. The number of rotatable bonds is 1.